The minimum Gasteiger partial charge on any atom is -0.393 e. The molecule has 0 fully saturated rings. The van der Waals surface area contributed by atoms with Gasteiger partial charge in [0.05, 0.1) is 6.10 Å². The van der Waals surface area contributed by atoms with Crippen molar-refractivity contribution in [1.29, 1.82) is 0 Å². The van der Waals surface area contributed by atoms with E-state index < -0.39 is 0 Å². The number of aliphatic hydroxyl groups excluding tert-OH is 1. The van der Waals surface area contributed by atoms with Gasteiger partial charge in [0, 0.05) is 27.0 Å². The molecule has 0 aliphatic carbocycles. The van der Waals surface area contributed by atoms with Gasteiger partial charge in [-0.25, -0.2) is 0 Å². The van der Waals surface area contributed by atoms with E-state index in [1.807, 2.05) is 44.2 Å². The Balaban J connectivity index is 0. The first-order valence-electron chi connectivity index (χ1n) is 4.15. The molecule has 2 unspecified atom stereocenters. The van der Waals surface area contributed by atoms with E-state index in [0.29, 0.717) is 0 Å². The average molecular weight is 274 g/mol. The largest absolute Gasteiger partial charge is 0.393 e. The van der Waals surface area contributed by atoms with Crippen molar-refractivity contribution in [3.8, 4) is 0 Å². The van der Waals surface area contributed by atoms with Crippen molar-refractivity contribution in [2.45, 2.75) is 25.9 Å². The topological polar surface area (TPSA) is 37.3 Å². The van der Waals surface area contributed by atoms with Gasteiger partial charge in [0.1, 0.15) is 0 Å². The molecule has 0 aliphatic rings. The minimum atomic E-state index is -0.266. The summed E-state index contributed by atoms with van der Waals surface area (Å²) in [6.07, 6.45) is -0.266. The van der Waals surface area contributed by atoms with Gasteiger partial charge in [-0.1, -0.05) is 37.3 Å². The van der Waals surface area contributed by atoms with Crippen molar-refractivity contribution in [2.75, 3.05) is 0 Å². The van der Waals surface area contributed by atoms with E-state index in [1.165, 1.54) is 5.56 Å². The monoisotopic (exact) mass is 276 g/mol. The Labute approximate surface area is 99.6 Å². The molecule has 0 aliphatic heterocycles. The molecule has 1 aromatic rings. The average Bonchev–Trinajstić information content (AvgIpc) is 2.21. The molecule has 0 amide bonds. The summed E-state index contributed by atoms with van der Waals surface area (Å²) in [6.45, 7) is 8.34. The summed E-state index contributed by atoms with van der Waals surface area (Å²) in [5, 5.41) is 9.27. The fraction of sp³-hybridized carbons (Fsp3) is 0.364. The van der Waals surface area contributed by atoms with E-state index in [0.717, 1.165) is 0 Å². The number of aliphatic hydroxyl groups is 1. The summed E-state index contributed by atoms with van der Waals surface area (Å²) >= 11 is 0. The van der Waals surface area contributed by atoms with Gasteiger partial charge in [-0.3, -0.25) is 4.79 Å². The maximum absolute atomic E-state index is 9.27. The molecule has 76 valence electrons. The summed E-state index contributed by atoms with van der Waals surface area (Å²) in [4.78, 5) is 7.50. The van der Waals surface area contributed by atoms with Crippen LogP contribution in [0.4, 0.5) is 0 Å². The Kier molecular flexibility index (Phi) is 10.4. The predicted octanol–water partition coefficient (Wildman–Crippen LogP) is 1.77. The fourth-order valence-corrected chi connectivity index (χ4v) is 1.04. The van der Waals surface area contributed by atoms with Crippen LogP contribution in [0.1, 0.15) is 25.3 Å². The van der Waals surface area contributed by atoms with E-state index in [9.17, 15) is 5.11 Å². The van der Waals surface area contributed by atoms with Crippen molar-refractivity contribution in [2.24, 2.45) is 0 Å². The van der Waals surface area contributed by atoms with Crippen molar-refractivity contribution < 1.29 is 31.0 Å². The van der Waals surface area contributed by atoms with Gasteiger partial charge < -0.3 is 5.11 Å². The minimum absolute atomic E-state index is 0. The van der Waals surface area contributed by atoms with Crippen molar-refractivity contribution in [1.82, 2.24) is 0 Å². The molecule has 0 saturated carbocycles. The van der Waals surface area contributed by atoms with Crippen LogP contribution in [0.15, 0.2) is 30.3 Å². The Morgan fingerprint density at radius 3 is 1.93 bits per heavy atom. The third-order valence-electron chi connectivity index (χ3n) is 2.05. The molecule has 0 aromatic heterocycles. The zero-order valence-corrected chi connectivity index (χ0v) is 10.3. The third kappa shape index (κ3) is 5.31. The second kappa shape index (κ2) is 9.11. The predicted molar refractivity (Wildman–Crippen MR) is 52.2 cm³/mol. The van der Waals surface area contributed by atoms with Crippen LogP contribution in [-0.4, -0.2) is 18.0 Å². The summed E-state index contributed by atoms with van der Waals surface area (Å²) in [5.74, 6) is 0.233. The van der Waals surface area contributed by atoms with E-state index in [-0.39, 0.29) is 33.1 Å². The Morgan fingerprint density at radius 1 is 1.14 bits per heavy atom. The van der Waals surface area contributed by atoms with Gasteiger partial charge in [0.25, 0.3) is 6.79 Å². The van der Waals surface area contributed by atoms with E-state index >= 15 is 0 Å². The number of benzene rings is 1. The van der Waals surface area contributed by atoms with Crippen LogP contribution in [-0.2, 0) is 25.9 Å². The van der Waals surface area contributed by atoms with Gasteiger partial charge in [-0.15, -0.1) is 0 Å². The van der Waals surface area contributed by atoms with Crippen LogP contribution in [0.3, 0.4) is 0 Å². The molecule has 2 nitrogen and oxygen atoms in total. The molecule has 2 atom stereocenters. The molecule has 1 N–H and O–H groups in total. The molecule has 0 bridgehead atoms. The van der Waals surface area contributed by atoms with Gasteiger partial charge in [-0.05, 0) is 12.5 Å². The second-order valence-electron chi connectivity index (χ2n) is 2.94. The Bertz CT molecular complexity index is 224. The quantitative estimate of drug-likeness (QED) is 0.835. The van der Waals surface area contributed by atoms with Crippen LogP contribution in [0.2, 0.25) is 0 Å². The maximum atomic E-state index is 9.27. The molecular formula is C11H14MoO2. The first-order chi connectivity index (χ1) is 6.22. The molecule has 0 saturated heterocycles. The first-order valence-corrected chi connectivity index (χ1v) is 4.15. The van der Waals surface area contributed by atoms with Crippen LogP contribution in [0.5, 0.6) is 0 Å². The van der Waals surface area contributed by atoms with Crippen LogP contribution in [0, 0.1) is 0 Å². The number of hydrogen-bond acceptors (Lipinski definition) is 2. The van der Waals surface area contributed by atoms with E-state index in [4.69, 9.17) is 4.79 Å². The second-order valence-corrected chi connectivity index (χ2v) is 2.94. The first kappa shape index (κ1) is 16.0. The number of hydrogen-bond donors (Lipinski definition) is 1. The summed E-state index contributed by atoms with van der Waals surface area (Å²) in [7, 11) is 0. The Hall–Kier alpha value is -0.462. The van der Waals surface area contributed by atoms with Crippen molar-refractivity contribution in [3.63, 3.8) is 0 Å². The number of rotatable bonds is 2. The molecule has 2 radical (unpaired) electrons. The van der Waals surface area contributed by atoms with Crippen molar-refractivity contribution in [3.05, 3.63) is 35.9 Å². The molecule has 14 heavy (non-hydrogen) atoms. The van der Waals surface area contributed by atoms with Gasteiger partial charge in [-0.2, -0.15) is 0 Å². The number of carbonyl (C=O) groups excluding carboxylic acids is 1. The molecule has 0 heterocycles. The standard InChI is InChI=1S/C10H14O.CO.Mo/c1-8(9(2)11)10-6-4-3-5-7-10;1-2;/h3-9,11H,1-2H3;;. The maximum Gasteiger partial charge on any atom is 0.281 e. The molecule has 3 heteroatoms. The van der Waals surface area contributed by atoms with Gasteiger partial charge in [0.2, 0.25) is 0 Å². The molecular weight excluding hydrogens is 260 g/mol. The van der Waals surface area contributed by atoms with Gasteiger partial charge in [0.15, 0.2) is 0 Å². The molecule has 1 aromatic carbocycles. The smallest absolute Gasteiger partial charge is 0.281 e. The van der Waals surface area contributed by atoms with E-state index in [1.54, 1.807) is 0 Å². The normalized spacial score (nSPS) is 12.8. The van der Waals surface area contributed by atoms with Gasteiger partial charge >= 0.3 is 0 Å². The third-order valence-corrected chi connectivity index (χ3v) is 2.05. The van der Waals surface area contributed by atoms with Crippen LogP contribution < -0.4 is 0 Å². The zero-order chi connectivity index (χ0) is 10.3. The van der Waals surface area contributed by atoms with Crippen molar-refractivity contribution >= 4 is 6.79 Å². The SMILES string of the molecule is CC(O)C(C)c1ccccc1.[C]=O.[Mo]. The van der Waals surface area contributed by atoms with E-state index in [2.05, 4.69) is 6.79 Å². The van der Waals surface area contributed by atoms with Crippen LogP contribution >= 0.6 is 0 Å². The fourth-order valence-electron chi connectivity index (χ4n) is 1.04. The molecule has 1 rings (SSSR count). The Morgan fingerprint density at radius 2 is 1.57 bits per heavy atom. The summed E-state index contributed by atoms with van der Waals surface area (Å²) in [6, 6.07) is 10.1. The van der Waals surface area contributed by atoms with Crippen LogP contribution in [0.25, 0.3) is 0 Å². The molecule has 0 spiro atoms. The summed E-state index contributed by atoms with van der Waals surface area (Å²) in [5.41, 5.74) is 1.20. The zero-order valence-electron chi connectivity index (χ0n) is 8.31. The summed E-state index contributed by atoms with van der Waals surface area (Å²) < 4.78 is 0.